The summed E-state index contributed by atoms with van der Waals surface area (Å²) in [5.41, 5.74) is 11.6. The Balaban J connectivity index is 1.92. The summed E-state index contributed by atoms with van der Waals surface area (Å²) in [6, 6.07) is 14.3. The van der Waals surface area contributed by atoms with Gasteiger partial charge >= 0.3 is 0 Å². The fourth-order valence-electron chi connectivity index (χ4n) is 4.73. The molecule has 2 aliphatic rings. The zero-order valence-corrected chi connectivity index (χ0v) is 15.5. The predicted molar refractivity (Wildman–Crippen MR) is 104 cm³/mol. The Labute approximate surface area is 162 Å². The minimum atomic E-state index is -0.782. The number of nitrogens with zero attached hydrogens (tertiary/aromatic N) is 4. The molecule has 0 radical (unpaired) electrons. The van der Waals surface area contributed by atoms with Crippen molar-refractivity contribution in [3.8, 4) is 0 Å². The number of hydrogen-bond donors (Lipinski definition) is 1. The van der Waals surface area contributed by atoms with E-state index in [-0.39, 0.29) is 23.8 Å². The number of aliphatic hydroxyl groups is 1. The van der Waals surface area contributed by atoms with E-state index >= 15 is 0 Å². The first-order valence-electron chi connectivity index (χ1n) is 8.89. The Kier molecular flexibility index (Phi) is 4.56. The zero-order chi connectivity index (χ0) is 19.1. The fraction of sp³-hybridized carbons (Fsp3) is 0.350. The first-order chi connectivity index (χ1) is 13.0. The number of anilines is 1. The van der Waals surface area contributed by atoms with Crippen LogP contribution >= 0.6 is 11.6 Å². The van der Waals surface area contributed by atoms with Crippen LogP contribution in [0.4, 0.5) is 5.69 Å². The topological polar surface area (TPSA) is 89.3 Å². The lowest BCUT2D eigenvalue weighted by atomic mass is 9.75. The van der Waals surface area contributed by atoms with Gasteiger partial charge in [0.15, 0.2) is 0 Å². The van der Waals surface area contributed by atoms with Gasteiger partial charge in [0, 0.05) is 28.5 Å². The summed E-state index contributed by atoms with van der Waals surface area (Å²) in [5, 5.41) is 15.4. The van der Waals surface area contributed by atoms with E-state index in [1.54, 1.807) is 24.0 Å². The van der Waals surface area contributed by atoms with Gasteiger partial charge in [-0.2, -0.15) is 0 Å². The van der Waals surface area contributed by atoms with E-state index in [1.807, 2.05) is 36.4 Å². The number of azide groups is 1. The van der Waals surface area contributed by atoms with Gasteiger partial charge in [-0.3, -0.25) is 4.79 Å². The van der Waals surface area contributed by atoms with E-state index in [1.165, 1.54) is 0 Å². The van der Waals surface area contributed by atoms with E-state index in [2.05, 4.69) is 10.0 Å². The van der Waals surface area contributed by atoms with Crippen LogP contribution in [0.25, 0.3) is 10.4 Å². The van der Waals surface area contributed by atoms with Crippen molar-refractivity contribution in [2.45, 2.75) is 37.5 Å². The molecule has 6 nitrogen and oxygen atoms in total. The summed E-state index contributed by atoms with van der Waals surface area (Å²) in [5.74, 6) is -0.328. The van der Waals surface area contributed by atoms with E-state index in [0.717, 1.165) is 16.8 Å². The lowest BCUT2D eigenvalue weighted by Crippen LogP contribution is -2.43. The Morgan fingerprint density at radius 1 is 1.26 bits per heavy atom. The van der Waals surface area contributed by atoms with Crippen molar-refractivity contribution < 1.29 is 9.90 Å². The van der Waals surface area contributed by atoms with Crippen LogP contribution in [-0.4, -0.2) is 23.2 Å². The van der Waals surface area contributed by atoms with Crippen LogP contribution in [0, 0.1) is 5.92 Å². The molecule has 1 heterocycles. The number of hydrogen-bond acceptors (Lipinski definition) is 3. The monoisotopic (exact) mass is 382 g/mol. The van der Waals surface area contributed by atoms with Crippen molar-refractivity contribution in [2.24, 2.45) is 11.0 Å². The third kappa shape index (κ3) is 2.86. The average Bonchev–Trinajstić information content (AvgIpc) is 2.98. The second kappa shape index (κ2) is 6.89. The Morgan fingerprint density at radius 3 is 2.63 bits per heavy atom. The van der Waals surface area contributed by atoms with Gasteiger partial charge in [-0.05, 0) is 47.2 Å². The first-order valence-corrected chi connectivity index (χ1v) is 9.27. The molecule has 5 atom stereocenters. The summed E-state index contributed by atoms with van der Waals surface area (Å²) in [6.45, 7) is 1.55. The molecular weight excluding hydrogens is 364 g/mol. The zero-order valence-electron chi connectivity index (χ0n) is 14.7. The highest BCUT2D eigenvalue weighted by molar-refractivity contribution is 6.30. The Morgan fingerprint density at radius 2 is 1.96 bits per heavy atom. The number of carbonyl (C=O) groups excluding carboxylic acids is 1. The molecule has 1 amide bonds. The molecule has 7 heteroatoms. The van der Waals surface area contributed by atoms with Gasteiger partial charge in [0.2, 0.25) is 5.91 Å². The molecule has 1 N–H and O–H groups in total. The van der Waals surface area contributed by atoms with Crippen molar-refractivity contribution in [3.63, 3.8) is 0 Å². The number of aliphatic hydroxyl groups excluding tert-OH is 1. The van der Waals surface area contributed by atoms with E-state index in [0.29, 0.717) is 11.4 Å². The molecule has 0 aromatic heterocycles. The largest absolute Gasteiger partial charge is 0.392 e. The molecule has 138 valence electrons. The summed E-state index contributed by atoms with van der Waals surface area (Å²) < 4.78 is 0. The van der Waals surface area contributed by atoms with Gasteiger partial charge in [0.1, 0.15) is 0 Å². The molecule has 2 aromatic carbocycles. The van der Waals surface area contributed by atoms with Gasteiger partial charge in [0.05, 0.1) is 18.2 Å². The van der Waals surface area contributed by atoms with Crippen molar-refractivity contribution in [2.75, 3.05) is 4.90 Å². The number of fused-ring (bicyclic) bond motifs is 3. The number of rotatable bonds is 2. The predicted octanol–water partition coefficient (Wildman–Crippen LogP) is 4.59. The number of benzene rings is 2. The van der Waals surface area contributed by atoms with Gasteiger partial charge in [-0.25, -0.2) is 0 Å². The second-order valence-corrected chi connectivity index (χ2v) is 7.57. The van der Waals surface area contributed by atoms with Gasteiger partial charge in [-0.1, -0.05) is 47.0 Å². The highest BCUT2D eigenvalue weighted by Gasteiger charge is 2.52. The quantitative estimate of drug-likeness (QED) is 0.467. The standard InChI is InChI=1S/C20H19ClN4O2/c1-11(26)25-17-5-3-2-4-14(17)18-15(10-16(20(18)27)23-24-22)19(25)12-6-8-13(21)9-7-12/h2-9,15-16,18-20,27H,10H2,1H3/t15-,16?,18-,19-,20+/m1/s1. The third-order valence-electron chi connectivity index (χ3n) is 5.73. The summed E-state index contributed by atoms with van der Waals surface area (Å²) in [7, 11) is 0. The van der Waals surface area contributed by atoms with Crippen LogP contribution in [0.15, 0.2) is 53.6 Å². The normalized spacial score (nSPS) is 28.9. The number of halogens is 1. The second-order valence-electron chi connectivity index (χ2n) is 7.13. The Bertz CT molecular complexity index is 926. The molecule has 4 rings (SSSR count). The van der Waals surface area contributed by atoms with Crippen LogP contribution in [0.3, 0.4) is 0 Å². The van der Waals surface area contributed by atoms with Gasteiger partial charge < -0.3 is 10.0 Å². The van der Waals surface area contributed by atoms with Crippen LogP contribution in [0.2, 0.25) is 5.02 Å². The van der Waals surface area contributed by atoms with Crippen LogP contribution in [0.1, 0.15) is 36.4 Å². The lowest BCUT2D eigenvalue weighted by Gasteiger charge is -2.44. The highest BCUT2D eigenvalue weighted by atomic mass is 35.5. The number of para-hydroxylation sites is 1. The average molecular weight is 383 g/mol. The van der Waals surface area contributed by atoms with Crippen molar-refractivity contribution in [3.05, 3.63) is 75.1 Å². The molecule has 1 aliphatic carbocycles. The number of amides is 1. The molecule has 1 saturated carbocycles. The first kappa shape index (κ1) is 17.9. The molecule has 1 fully saturated rings. The van der Waals surface area contributed by atoms with Crippen molar-refractivity contribution in [1.29, 1.82) is 0 Å². The maximum absolute atomic E-state index is 12.6. The highest BCUT2D eigenvalue weighted by Crippen LogP contribution is 2.56. The molecule has 1 unspecified atom stereocenters. The van der Waals surface area contributed by atoms with Crippen molar-refractivity contribution in [1.82, 2.24) is 0 Å². The smallest absolute Gasteiger partial charge is 0.224 e. The minimum Gasteiger partial charge on any atom is -0.392 e. The fourth-order valence-corrected chi connectivity index (χ4v) is 4.86. The van der Waals surface area contributed by atoms with E-state index in [4.69, 9.17) is 17.1 Å². The SMILES string of the molecule is CC(=O)N1c2ccccc2[C@@H]2[C@@H](CC(N=[N+]=[N-])[C@@H]2O)[C@H]1c1ccc(Cl)cc1. The van der Waals surface area contributed by atoms with Crippen LogP contribution in [0.5, 0.6) is 0 Å². The van der Waals surface area contributed by atoms with E-state index < -0.39 is 12.1 Å². The molecule has 0 bridgehead atoms. The molecular formula is C20H19ClN4O2. The van der Waals surface area contributed by atoms with Gasteiger partial charge in [-0.15, -0.1) is 0 Å². The van der Waals surface area contributed by atoms with Gasteiger partial charge in [0.25, 0.3) is 0 Å². The minimum absolute atomic E-state index is 0.0597. The summed E-state index contributed by atoms with van der Waals surface area (Å²) in [4.78, 5) is 17.4. The maximum atomic E-state index is 12.6. The maximum Gasteiger partial charge on any atom is 0.224 e. The lowest BCUT2D eigenvalue weighted by molar-refractivity contribution is -0.117. The molecule has 1 aliphatic heterocycles. The summed E-state index contributed by atoms with van der Waals surface area (Å²) >= 11 is 6.05. The molecule has 0 saturated heterocycles. The Hall–Kier alpha value is -2.53. The van der Waals surface area contributed by atoms with Crippen LogP contribution in [-0.2, 0) is 4.79 Å². The third-order valence-corrected chi connectivity index (χ3v) is 5.98. The molecule has 0 spiro atoms. The molecule has 2 aromatic rings. The summed E-state index contributed by atoms with van der Waals surface area (Å²) in [6.07, 6.45) is -0.266. The molecule has 27 heavy (non-hydrogen) atoms. The van der Waals surface area contributed by atoms with E-state index in [9.17, 15) is 9.90 Å². The number of carbonyl (C=O) groups is 1. The van der Waals surface area contributed by atoms with Crippen molar-refractivity contribution >= 4 is 23.2 Å². The van der Waals surface area contributed by atoms with Crippen LogP contribution < -0.4 is 4.90 Å².